The maximum Gasteiger partial charge on any atom is 1.00 e. The quantitative estimate of drug-likeness (QED) is 0.232. The number of carbonyl (C=O) groups excluding carboxylic acids is 1. The molecule has 0 aliphatic carbocycles. The SMILES string of the molecule is CN=CC(=NC)c1ccnc(C(=O)N[C-]=Nc2[c-]cncc2)c1.[K+]. The van der Waals surface area contributed by atoms with Crippen LogP contribution in [0.15, 0.2) is 51.8 Å². The molecule has 0 fully saturated rings. The standard InChI is InChI=1S/C16H14N6O.K/c1-17-10-15(18-2)12-3-8-20-14(9-12)16(23)22-11-21-13-4-6-19-7-5-13;/h3-4,6-10H,1-2H3,(H,19,21,22,23);/q-2;+1. The van der Waals surface area contributed by atoms with Crippen LogP contribution in [0.3, 0.4) is 0 Å². The molecule has 0 radical (unpaired) electrons. The molecule has 8 heteroatoms. The van der Waals surface area contributed by atoms with Gasteiger partial charge in [0.05, 0.1) is 11.4 Å². The van der Waals surface area contributed by atoms with Crippen LogP contribution in [0.1, 0.15) is 16.1 Å². The van der Waals surface area contributed by atoms with Crippen molar-refractivity contribution in [3.63, 3.8) is 0 Å². The second-order valence-electron chi connectivity index (χ2n) is 4.23. The first-order chi connectivity index (χ1) is 11.2. The van der Waals surface area contributed by atoms with E-state index in [-0.39, 0.29) is 57.1 Å². The Balaban J connectivity index is 0.00000288. The normalized spacial score (nSPS) is 11.5. The molecular weight excluding hydrogens is 331 g/mol. The monoisotopic (exact) mass is 345 g/mol. The predicted molar refractivity (Wildman–Crippen MR) is 88.7 cm³/mol. The summed E-state index contributed by atoms with van der Waals surface area (Å²) in [6.45, 7) is 0. The maximum atomic E-state index is 12.1. The van der Waals surface area contributed by atoms with Crippen molar-refractivity contribution in [3.05, 3.63) is 54.1 Å². The summed E-state index contributed by atoms with van der Waals surface area (Å²) in [6, 6.07) is 7.81. The fraction of sp³-hybridized carbons (Fsp3) is 0.125. The van der Waals surface area contributed by atoms with Crippen molar-refractivity contribution in [1.82, 2.24) is 15.3 Å². The Labute approximate surface area is 182 Å². The number of nitrogens with zero attached hydrogens (tertiary/aromatic N) is 5. The average Bonchev–Trinajstić information content (AvgIpc) is 2.60. The third kappa shape index (κ3) is 6.14. The maximum absolute atomic E-state index is 12.1. The first-order valence-corrected chi connectivity index (χ1v) is 6.67. The Morgan fingerprint density at radius 3 is 2.83 bits per heavy atom. The summed E-state index contributed by atoms with van der Waals surface area (Å²) in [5.74, 6) is -0.423. The van der Waals surface area contributed by atoms with Crippen LogP contribution in [-0.4, -0.2) is 48.2 Å². The summed E-state index contributed by atoms with van der Waals surface area (Å²) in [5, 5.41) is 2.43. The zero-order valence-corrected chi connectivity index (χ0v) is 16.8. The zero-order chi connectivity index (χ0) is 16.5. The number of aliphatic imine (C=N–C) groups is 3. The van der Waals surface area contributed by atoms with Gasteiger partial charge in [-0.1, -0.05) is 12.4 Å². The van der Waals surface area contributed by atoms with Crippen molar-refractivity contribution in [3.8, 4) is 0 Å². The van der Waals surface area contributed by atoms with Gasteiger partial charge in [0.15, 0.2) is 5.91 Å². The largest absolute Gasteiger partial charge is 1.00 e. The molecule has 0 atom stereocenters. The van der Waals surface area contributed by atoms with Crippen LogP contribution in [0, 0.1) is 6.07 Å². The first kappa shape index (κ1) is 20.5. The van der Waals surface area contributed by atoms with E-state index in [4.69, 9.17) is 0 Å². The third-order valence-electron chi connectivity index (χ3n) is 2.73. The molecule has 1 amide bonds. The molecular formula is C16H14KN6O-. The average molecular weight is 345 g/mol. The molecule has 0 saturated heterocycles. The van der Waals surface area contributed by atoms with Gasteiger partial charge in [-0.05, 0) is 18.5 Å². The topological polar surface area (TPSA) is 92.0 Å². The van der Waals surface area contributed by atoms with Crippen LogP contribution in [0.25, 0.3) is 0 Å². The van der Waals surface area contributed by atoms with Crippen LogP contribution in [0.5, 0.6) is 0 Å². The van der Waals surface area contributed by atoms with Gasteiger partial charge in [-0.2, -0.15) is 0 Å². The molecule has 0 aliphatic rings. The molecule has 2 aromatic heterocycles. The van der Waals surface area contributed by atoms with Crippen molar-refractivity contribution >= 4 is 29.9 Å². The second kappa shape index (κ2) is 11.1. The van der Waals surface area contributed by atoms with E-state index in [1.54, 1.807) is 44.7 Å². The Hall–Kier alpha value is -1.58. The molecule has 0 aliphatic heterocycles. The van der Waals surface area contributed by atoms with Gasteiger partial charge in [-0.3, -0.25) is 21.0 Å². The molecule has 0 aromatic carbocycles. The summed E-state index contributed by atoms with van der Waals surface area (Å²) in [6.07, 6.45) is 8.66. The van der Waals surface area contributed by atoms with Crippen molar-refractivity contribution < 1.29 is 56.2 Å². The molecule has 2 rings (SSSR count). The van der Waals surface area contributed by atoms with E-state index in [0.29, 0.717) is 11.4 Å². The number of amides is 1. The van der Waals surface area contributed by atoms with E-state index in [0.717, 1.165) is 5.56 Å². The van der Waals surface area contributed by atoms with Crippen molar-refractivity contribution in [2.24, 2.45) is 15.0 Å². The van der Waals surface area contributed by atoms with Gasteiger partial charge >= 0.3 is 51.4 Å². The number of hydrogen-bond donors (Lipinski definition) is 1. The molecule has 24 heavy (non-hydrogen) atoms. The van der Waals surface area contributed by atoms with Gasteiger partial charge in [-0.25, -0.2) is 11.8 Å². The number of aromatic nitrogens is 2. The van der Waals surface area contributed by atoms with Gasteiger partial charge in [-0.15, -0.1) is 0 Å². The molecule has 2 heterocycles. The predicted octanol–water partition coefficient (Wildman–Crippen LogP) is -1.63. The van der Waals surface area contributed by atoms with E-state index in [1.165, 1.54) is 12.4 Å². The number of nitrogens with one attached hydrogen (secondary N) is 1. The minimum absolute atomic E-state index is 0. The summed E-state index contributed by atoms with van der Waals surface area (Å²) in [7, 11) is 3.31. The molecule has 0 unspecified atom stereocenters. The van der Waals surface area contributed by atoms with Crippen molar-refractivity contribution in [1.29, 1.82) is 0 Å². The number of carbonyl (C=O) groups is 1. The van der Waals surface area contributed by atoms with Crippen molar-refractivity contribution in [2.75, 3.05) is 14.1 Å². The van der Waals surface area contributed by atoms with Crippen LogP contribution < -0.4 is 56.7 Å². The molecule has 2 aromatic rings. The number of pyridine rings is 2. The fourth-order valence-corrected chi connectivity index (χ4v) is 1.68. The molecule has 1 N–H and O–H groups in total. The summed E-state index contributed by atoms with van der Waals surface area (Å²) >= 11 is 0. The van der Waals surface area contributed by atoms with Crippen LogP contribution in [0.4, 0.5) is 5.69 Å². The van der Waals surface area contributed by atoms with Gasteiger partial charge in [0.1, 0.15) is 0 Å². The molecule has 116 valence electrons. The van der Waals surface area contributed by atoms with Crippen LogP contribution >= 0.6 is 0 Å². The van der Waals surface area contributed by atoms with Crippen LogP contribution in [-0.2, 0) is 0 Å². The Kier molecular flexibility index (Phi) is 9.42. The summed E-state index contributed by atoms with van der Waals surface area (Å²) < 4.78 is 0. The summed E-state index contributed by atoms with van der Waals surface area (Å²) in [5.41, 5.74) is 2.15. The van der Waals surface area contributed by atoms with Crippen LogP contribution in [0.2, 0.25) is 0 Å². The minimum Gasteiger partial charge on any atom is -0.418 e. The van der Waals surface area contributed by atoms with Gasteiger partial charge in [0, 0.05) is 32.1 Å². The fourth-order valence-electron chi connectivity index (χ4n) is 1.68. The first-order valence-electron chi connectivity index (χ1n) is 6.67. The Morgan fingerprint density at radius 1 is 1.33 bits per heavy atom. The smallest absolute Gasteiger partial charge is 0.418 e. The third-order valence-corrected chi connectivity index (χ3v) is 2.73. The second-order valence-corrected chi connectivity index (χ2v) is 4.23. The molecule has 0 saturated carbocycles. The molecule has 0 bridgehead atoms. The number of hydrogen-bond acceptors (Lipinski definition) is 6. The van der Waals surface area contributed by atoms with E-state index >= 15 is 0 Å². The zero-order valence-electron chi connectivity index (χ0n) is 13.7. The van der Waals surface area contributed by atoms with Crippen molar-refractivity contribution in [2.45, 2.75) is 0 Å². The number of rotatable bonds is 5. The van der Waals surface area contributed by atoms with Gasteiger partial charge in [0.25, 0.3) is 0 Å². The van der Waals surface area contributed by atoms with E-state index in [2.05, 4.69) is 42.7 Å². The Bertz CT molecular complexity index is 758. The van der Waals surface area contributed by atoms with E-state index in [1.807, 2.05) is 0 Å². The summed E-state index contributed by atoms with van der Waals surface area (Å²) in [4.78, 5) is 31.9. The van der Waals surface area contributed by atoms with Gasteiger partial charge < -0.3 is 20.1 Å². The van der Waals surface area contributed by atoms with Gasteiger partial charge in [0.2, 0.25) is 0 Å². The van der Waals surface area contributed by atoms with E-state index < -0.39 is 5.91 Å². The molecule has 7 nitrogen and oxygen atoms in total. The minimum atomic E-state index is -0.423. The van der Waals surface area contributed by atoms with E-state index in [9.17, 15) is 4.79 Å². The molecule has 0 spiro atoms. The Morgan fingerprint density at radius 2 is 2.17 bits per heavy atom.